The van der Waals surface area contributed by atoms with E-state index in [-0.39, 0.29) is 28.5 Å². The van der Waals surface area contributed by atoms with Gasteiger partial charge < -0.3 is 14.3 Å². The lowest BCUT2D eigenvalue weighted by Gasteiger charge is -2.49. The molecule has 2 aromatic rings. The Morgan fingerprint density at radius 1 is 1.24 bits per heavy atom. The van der Waals surface area contributed by atoms with Crippen LogP contribution >= 0.6 is 0 Å². The fourth-order valence-corrected chi connectivity index (χ4v) is 7.52. The number of fused-ring (bicyclic) bond motifs is 3. The highest BCUT2D eigenvalue weighted by Gasteiger charge is 2.52. The van der Waals surface area contributed by atoms with Crippen LogP contribution in [-0.4, -0.2) is 31.4 Å². The lowest BCUT2D eigenvalue weighted by atomic mass is 9.65. The SMILES string of the molecule is COc1c(-c2ccoc2)ccc(CS(=O)(=O)C2(C)CC3CCC2CC3)c1C(=O)O. The summed E-state index contributed by atoms with van der Waals surface area (Å²) in [6.07, 6.45) is 7.75. The van der Waals surface area contributed by atoms with Crippen molar-refractivity contribution in [2.75, 3.05) is 7.11 Å². The van der Waals surface area contributed by atoms with E-state index >= 15 is 0 Å². The molecule has 3 saturated carbocycles. The molecule has 0 saturated heterocycles. The Morgan fingerprint density at radius 3 is 2.48 bits per heavy atom. The predicted molar refractivity (Wildman–Crippen MR) is 109 cm³/mol. The molecule has 3 aliphatic carbocycles. The van der Waals surface area contributed by atoms with Crippen LogP contribution in [0.2, 0.25) is 0 Å². The fourth-order valence-electron chi connectivity index (χ4n) is 5.30. The van der Waals surface area contributed by atoms with Gasteiger partial charge in [0.05, 0.1) is 30.1 Å². The number of ether oxygens (including phenoxy) is 1. The maximum absolute atomic E-state index is 13.5. The number of benzene rings is 1. The Balaban J connectivity index is 1.76. The van der Waals surface area contributed by atoms with Gasteiger partial charge in [0.1, 0.15) is 11.3 Å². The van der Waals surface area contributed by atoms with Gasteiger partial charge in [-0.2, -0.15) is 0 Å². The van der Waals surface area contributed by atoms with E-state index in [1.165, 1.54) is 19.6 Å². The summed E-state index contributed by atoms with van der Waals surface area (Å²) >= 11 is 0. The highest BCUT2D eigenvalue weighted by atomic mass is 32.2. The highest BCUT2D eigenvalue weighted by molar-refractivity contribution is 7.92. The Labute approximate surface area is 170 Å². The zero-order valence-corrected chi connectivity index (χ0v) is 17.5. The monoisotopic (exact) mass is 418 g/mol. The molecular formula is C22H26O6S. The van der Waals surface area contributed by atoms with Gasteiger partial charge in [-0.3, -0.25) is 0 Å². The first-order valence-corrected chi connectivity index (χ1v) is 11.6. The molecule has 1 N–H and O–H groups in total. The van der Waals surface area contributed by atoms with Gasteiger partial charge in [-0.1, -0.05) is 25.0 Å². The Morgan fingerprint density at radius 2 is 1.97 bits per heavy atom. The van der Waals surface area contributed by atoms with Crippen LogP contribution in [0.3, 0.4) is 0 Å². The van der Waals surface area contributed by atoms with Crippen molar-refractivity contribution in [1.29, 1.82) is 0 Å². The molecule has 0 aliphatic heterocycles. The minimum Gasteiger partial charge on any atom is -0.495 e. The summed E-state index contributed by atoms with van der Waals surface area (Å²) in [5, 5.41) is 9.88. The van der Waals surface area contributed by atoms with Crippen LogP contribution in [0.1, 0.15) is 54.9 Å². The summed E-state index contributed by atoms with van der Waals surface area (Å²) < 4.78 is 36.7. The molecule has 7 heteroatoms. The molecule has 0 amide bonds. The zero-order chi connectivity index (χ0) is 20.8. The van der Waals surface area contributed by atoms with Crippen molar-refractivity contribution in [3.8, 4) is 16.9 Å². The van der Waals surface area contributed by atoms with Crippen molar-refractivity contribution in [1.82, 2.24) is 0 Å². The zero-order valence-electron chi connectivity index (χ0n) is 16.7. The number of hydrogen-bond acceptors (Lipinski definition) is 5. The largest absolute Gasteiger partial charge is 0.495 e. The van der Waals surface area contributed by atoms with E-state index in [0.29, 0.717) is 23.5 Å². The normalized spacial score (nSPS) is 26.4. The van der Waals surface area contributed by atoms with Crippen molar-refractivity contribution in [2.45, 2.75) is 49.5 Å². The summed E-state index contributed by atoms with van der Waals surface area (Å²) in [7, 11) is -2.16. The fraction of sp³-hybridized carbons (Fsp3) is 0.500. The average Bonchev–Trinajstić information content (AvgIpc) is 3.22. The maximum Gasteiger partial charge on any atom is 0.339 e. The highest BCUT2D eigenvalue weighted by Crippen LogP contribution is 2.52. The van der Waals surface area contributed by atoms with E-state index in [9.17, 15) is 18.3 Å². The third-order valence-electron chi connectivity index (χ3n) is 6.95. The van der Waals surface area contributed by atoms with Crippen LogP contribution in [0.5, 0.6) is 5.75 Å². The Hall–Kier alpha value is -2.28. The average molecular weight is 419 g/mol. The van der Waals surface area contributed by atoms with Crippen LogP contribution in [0.15, 0.2) is 35.1 Å². The summed E-state index contributed by atoms with van der Waals surface area (Å²) in [5.41, 5.74) is 1.40. The van der Waals surface area contributed by atoms with E-state index in [1.807, 2.05) is 6.92 Å². The second kappa shape index (κ2) is 7.20. The van der Waals surface area contributed by atoms with E-state index in [1.54, 1.807) is 18.2 Å². The standard InChI is InChI=1S/C22H26O6S/c1-22(11-14-3-6-17(22)7-4-14)29(25,26)13-16-5-8-18(15-9-10-28-12-15)20(27-2)19(16)21(23)24/h5,8-10,12,14,17H,3-4,6-7,11,13H2,1-2H3,(H,23,24). The number of hydrogen-bond donors (Lipinski definition) is 1. The number of carbonyl (C=O) groups is 1. The third-order valence-corrected chi connectivity index (χ3v) is 9.57. The molecule has 1 heterocycles. The number of carboxylic acids is 1. The van der Waals surface area contributed by atoms with Crippen LogP contribution in [0.4, 0.5) is 0 Å². The minimum atomic E-state index is -3.55. The van der Waals surface area contributed by atoms with E-state index in [2.05, 4.69) is 0 Å². The lowest BCUT2D eigenvalue weighted by Crippen LogP contribution is -2.51. The summed E-state index contributed by atoms with van der Waals surface area (Å²) in [6, 6.07) is 5.01. The molecule has 0 spiro atoms. The number of furan rings is 1. The van der Waals surface area contributed by atoms with Gasteiger partial charge >= 0.3 is 5.97 Å². The van der Waals surface area contributed by atoms with Gasteiger partial charge in [0.15, 0.2) is 9.84 Å². The molecule has 1 aromatic heterocycles. The number of sulfone groups is 1. The number of methoxy groups -OCH3 is 1. The molecule has 2 bridgehead atoms. The first-order chi connectivity index (χ1) is 13.8. The summed E-state index contributed by atoms with van der Waals surface area (Å²) in [6.45, 7) is 1.86. The minimum absolute atomic E-state index is 0.0978. The molecule has 3 aliphatic rings. The van der Waals surface area contributed by atoms with Crippen LogP contribution < -0.4 is 4.74 Å². The molecule has 29 heavy (non-hydrogen) atoms. The Kier molecular flexibility index (Phi) is 4.97. The van der Waals surface area contributed by atoms with Crippen LogP contribution in [0.25, 0.3) is 11.1 Å². The van der Waals surface area contributed by atoms with E-state index < -0.39 is 20.6 Å². The van der Waals surface area contributed by atoms with Crippen molar-refractivity contribution >= 4 is 15.8 Å². The number of rotatable bonds is 6. The molecule has 1 aromatic carbocycles. The van der Waals surface area contributed by atoms with Gasteiger partial charge in [0.2, 0.25) is 0 Å². The van der Waals surface area contributed by atoms with Crippen LogP contribution in [-0.2, 0) is 15.6 Å². The maximum atomic E-state index is 13.5. The molecule has 0 radical (unpaired) electrons. The van der Waals surface area contributed by atoms with Crippen molar-refractivity contribution in [3.05, 3.63) is 41.9 Å². The van der Waals surface area contributed by atoms with Crippen molar-refractivity contribution in [3.63, 3.8) is 0 Å². The molecule has 6 nitrogen and oxygen atoms in total. The smallest absolute Gasteiger partial charge is 0.339 e. The van der Waals surface area contributed by atoms with Gasteiger partial charge in [0.25, 0.3) is 0 Å². The molecule has 3 fully saturated rings. The first kappa shape index (κ1) is 20.0. The van der Waals surface area contributed by atoms with Crippen molar-refractivity contribution < 1.29 is 27.5 Å². The Bertz CT molecular complexity index is 1020. The molecular weight excluding hydrogens is 392 g/mol. The van der Waals surface area contributed by atoms with E-state index in [0.717, 1.165) is 25.7 Å². The number of carboxylic acid groups (broad SMARTS) is 1. The summed E-state index contributed by atoms with van der Waals surface area (Å²) in [5.74, 6) is -0.736. The quantitative estimate of drug-likeness (QED) is 0.740. The molecule has 1 atom stereocenters. The van der Waals surface area contributed by atoms with Gasteiger partial charge in [-0.05, 0) is 49.7 Å². The third kappa shape index (κ3) is 3.25. The van der Waals surface area contributed by atoms with Crippen molar-refractivity contribution in [2.24, 2.45) is 11.8 Å². The lowest BCUT2D eigenvalue weighted by molar-refractivity contribution is 0.0692. The predicted octanol–water partition coefficient (Wildman–Crippen LogP) is 4.54. The van der Waals surface area contributed by atoms with E-state index in [4.69, 9.17) is 9.15 Å². The topological polar surface area (TPSA) is 93.8 Å². The second-order valence-corrected chi connectivity index (χ2v) is 10.9. The first-order valence-electron chi connectivity index (χ1n) is 9.95. The summed E-state index contributed by atoms with van der Waals surface area (Å²) in [4.78, 5) is 12.1. The molecule has 5 rings (SSSR count). The van der Waals surface area contributed by atoms with Gasteiger partial charge in [-0.25, -0.2) is 13.2 Å². The molecule has 1 unspecified atom stereocenters. The van der Waals surface area contributed by atoms with Crippen LogP contribution in [0, 0.1) is 11.8 Å². The molecule has 156 valence electrons. The second-order valence-electron chi connectivity index (χ2n) is 8.49. The number of aromatic carboxylic acids is 1. The van der Waals surface area contributed by atoms with Gasteiger partial charge in [-0.15, -0.1) is 0 Å². The van der Waals surface area contributed by atoms with Gasteiger partial charge in [0, 0.05) is 11.1 Å².